The van der Waals surface area contributed by atoms with Crippen LogP contribution in [0.25, 0.3) is 0 Å². The number of hydrogen-bond donors (Lipinski definition) is 0. The summed E-state index contributed by atoms with van der Waals surface area (Å²) in [4.78, 5) is 27.0. The molecule has 0 N–H and O–H groups in total. The van der Waals surface area contributed by atoms with E-state index in [1.165, 1.54) is 29.9 Å². The zero-order valence-corrected chi connectivity index (χ0v) is 17.0. The molecule has 2 aromatic carbocycles. The minimum atomic E-state index is -1.15. The first-order chi connectivity index (χ1) is 14.0. The minimum Gasteiger partial charge on any atom is -0.497 e. The molecule has 29 heavy (non-hydrogen) atoms. The zero-order chi connectivity index (χ0) is 20.6. The molecule has 0 saturated carbocycles. The van der Waals surface area contributed by atoms with E-state index >= 15 is 0 Å². The van der Waals surface area contributed by atoms with Gasteiger partial charge in [-0.1, -0.05) is 18.2 Å². The van der Waals surface area contributed by atoms with Crippen LogP contribution in [0.3, 0.4) is 0 Å². The molecule has 0 radical (unpaired) electrons. The quantitative estimate of drug-likeness (QED) is 0.773. The average Bonchev–Trinajstić information content (AvgIpc) is 3.30. The maximum absolute atomic E-state index is 13.4. The Morgan fingerprint density at radius 1 is 1.07 bits per heavy atom. The smallest absolute Gasteiger partial charge is 0.291 e. The second kappa shape index (κ2) is 7.25. The van der Waals surface area contributed by atoms with Crippen LogP contribution in [0, 0.1) is 0 Å². The Morgan fingerprint density at radius 2 is 1.76 bits per heavy atom. The number of amides is 1. The summed E-state index contributed by atoms with van der Waals surface area (Å²) >= 11 is 1.19. The fourth-order valence-electron chi connectivity index (χ4n) is 3.13. The number of carbonyl (C=O) groups excluding carboxylic acids is 2. The lowest BCUT2D eigenvalue weighted by molar-refractivity contribution is -0.110. The molecule has 1 atom stereocenters. The van der Waals surface area contributed by atoms with E-state index < -0.39 is 5.12 Å². The molecular weight excluding hydrogens is 390 g/mol. The molecule has 0 saturated heterocycles. The van der Waals surface area contributed by atoms with Gasteiger partial charge in [-0.2, -0.15) is 10.2 Å². The number of ketones is 1. The van der Waals surface area contributed by atoms with Gasteiger partial charge in [0.05, 0.1) is 12.8 Å². The third-order valence-corrected chi connectivity index (χ3v) is 6.10. The van der Waals surface area contributed by atoms with Crippen molar-refractivity contribution in [2.45, 2.75) is 12.0 Å². The van der Waals surface area contributed by atoms with E-state index in [9.17, 15) is 9.59 Å². The average molecular weight is 409 g/mol. The maximum Gasteiger partial charge on any atom is 0.291 e. The van der Waals surface area contributed by atoms with Crippen LogP contribution in [0.15, 0.2) is 64.8 Å². The molecule has 2 aliphatic rings. The third kappa shape index (κ3) is 3.03. The SMILES string of the molecule is COc1ccc(C(=O)N2C=NN(C)[C@@]23SC(C(C)=O)=NN3c2ccccc2)cc1. The molecule has 0 bridgehead atoms. The molecule has 148 valence electrons. The second-order valence-corrected chi connectivity index (χ2v) is 7.58. The number of carbonyl (C=O) groups is 2. The van der Waals surface area contributed by atoms with Crippen LogP contribution < -0.4 is 9.75 Å². The van der Waals surface area contributed by atoms with Gasteiger partial charge in [0.2, 0.25) is 0 Å². The number of rotatable bonds is 4. The van der Waals surface area contributed by atoms with Crippen LogP contribution in [0.5, 0.6) is 5.75 Å². The van der Waals surface area contributed by atoms with Crippen molar-refractivity contribution in [2.24, 2.45) is 10.2 Å². The van der Waals surface area contributed by atoms with Crippen molar-refractivity contribution in [3.63, 3.8) is 0 Å². The Balaban J connectivity index is 1.78. The summed E-state index contributed by atoms with van der Waals surface area (Å²) in [6.45, 7) is 1.46. The van der Waals surface area contributed by atoms with Crippen molar-refractivity contribution in [1.29, 1.82) is 0 Å². The van der Waals surface area contributed by atoms with Crippen LogP contribution in [0.2, 0.25) is 0 Å². The Kier molecular flexibility index (Phi) is 4.75. The van der Waals surface area contributed by atoms with Gasteiger partial charge >= 0.3 is 0 Å². The van der Waals surface area contributed by atoms with Gasteiger partial charge in [-0.15, -0.1) is 0 Å². The summed E-state index contributed by atoms with van der Waals surface area (Å²) in [6, 6.07) is 16.2. The van der Waals surface area contributed by atoms with E-state index in [4.69, 9.17) is 4.74 Å². The molecule has 8 nitrogen and oxygen atoms in total. The van der Waals surface area contributed by atoms with E-state index in [-0.39, 0.29) is 11.7 Å². The maximum atomic E-state index is 13.4. The number of Topliss-reactive ketones (excluding diaryl/α,β-unsaturated/α-hetero) is 1. The highest BCUT2D eigenvalue weighted by Crippen LogP contribution is 2.47. The molecule has 2 aromatic rings. The summed E-state index contributed by atoms with van der Waals surface area (Å²) in [7, 11) is 3.32. The summed E-state index contributed by atoms with van der Waals surface area (Å²) in [6.07, 6.45) is 1.47. The lowest BCUT2D eigenvalue weighted by Gasteiger charge is -2.42. The predicted octanol–water partition coefficient (Wildman–Crippen LogP) is 2.79. The first-order valence-electron chi connectivity index (χ1n) is 8.87. The summed E-state index contributed by atoms with van der Waals surface area (Å²) in [5, 5.41) is 11.3. The second-order valence-electron chi connectivity index (χ2n) is 6.44. The third-order valence-electron chi connectivity index (χ3n) is 4.63. The van der Waals surface area contributed by atoms with Crippen molar-refractivity contribution in [3.8, 4) is 5.75 Å². The highest BCUT2D eigenvalue weighted by Gasteiger charge is 2.58. The minimum absolute atomic E-state index is 0.176. The van der Waals surface area contributed by atoms with Gasteiger partial charge in [-0.25, -0.2) is 14.9 Å². The van der Waals surface area contributed by atoms with Gasteiger partial charge in [0.1, 0.15) is 12.1 Å². The molecule has 4 rings (SSSR count). The van der Waals surface area contributed by atoms with E-state index in [1.807, 2.05) is 30.3 Å². The Morgan fingerprint density at radius 3 is 2.38 bits per heavy atom. The predicted molar refractivity (Wildman–Crippen MR) is 113 cm³/mol. The number of ether oxygens (including phenoxy) is 1. The molecule has 9 heteroatoms. The molecule has 0 unspecified atom stereocenters. The number of benzene rings is 2. The van der Waals surface area contributed by atoms with Crippen molar-refractivity contribution in [3.05, 3.63) is 60.2 Å². The van der Waals surface area contributed by atoms with Crippen molar-refractivity contribution in [2.75, 3.05) is 19.2 Å². The fourth-order valence-corrected chi connectivity index (χ4v) is 4.30. The summed E-state index contributed by atoms with van der Waals surface area (Å²) < 4.78 is 5.17. The molecule has 0 fully saturated rings. The first-order valence-corrected chi connectivity index (χ1v) is 9.68. The van der Waals surface area contributed by atoms with Gasteiger partial charge in [-0.05, 0) is 48.2 Å². The fraction of sp³-hybridized carbons (Fsp3) is 0.200. The van der Waals surface area contributed by atoms with E-state index in [1.54, 1.807) is 48.4 Å². The molecule has 1 spiro atoms. The van der Waals surface area contributed by atoms with Gasteiger partial charge in [0, 0.05) is 19.5 Å². The van der Waals surface area contributed by atoms with Gasteiger partial charge in [0.25, 0.3) is 11.0 Å². The van der Waals surface area contributed by atoms with Gasteiger partial charge in [-0.3, -0.25) is 9.59 Å². The number of methoxy groups -OCH3 is 1. The summed E-state index contributed by atoms with van der Waals surface area (Å²) in [5.74, 6) is 0.214. The zero-order valence-electron chi connectivity index (χ0n) is 16.1. The normalized spacial score (nSPS) is 20.4. The number of thioether (sulfide) groups is 1. The number of hydrazone groups is 2. The van der Waals surface area contributed by atoms with Crippen LogP contribution in [0.1, 0.15) is 17.3 Å². The molecule has 1 amide bonds. The van der Waals surface area contributed by atoms with E-state index in [2.05, 4.69) is 10.2 Å². The van der Waals surface area contributed by atoms with Gasteiger partial charge in [0.15, 0.2) is 10.8 Å². The number of para-hydroxylation sites is 1. The standard InChI is InChI=1S/C20H19N5O3S/c1-14(26)18-22-25(16-7-5-4-6-8-16)20(29-18)23(2)21-13-24(20)19(27)15-9-11-17(28-3)12-10-15/h4-13H,1-3H3/t20-/m1/s1. The highest BCUT2D eigenvalue weighted by molar-refractivity contribution is 8.17. The van der Waals surface area contributed by atoms with Gasteiger partial charge < -0.3 is 4.74 Å². The van der Waals surface area contributed by atoms with E-state index in [0.29, 0.717) is 16.4 Å². The lowest BCUT2D eigenvalue weighted by atomic mass is 10.2. The number of hydrogen-bond acceptors (Lipinski definition) is 8. The molecule has 2 aliphatic heterocycles. The largest absolute Gasteiger partial charge is 0.497 e. The Labute approximate surface area is 172 Å². The lowest BCUT2D eigenvalue weighted by Crippen LogP contribution is -2.60. The molecule has 0 aliphatic carbocycles. The van der Waals surface area contributed by atoms with Crippen LogP contribution in [0.4, 0.5) is 5.69 Å². The Hall–Kier alpha value is -3.33. The molecule has 0 aromatic heterocycles. The summed E-state index contributed by atoms with van der Waals surface area (Å²) in [5.41, 5.74) is 1.21. The molecule has 2 heterocycles. The van der Waals surface area contributed by atoms with Crippen LogP contribution in [-0.2, 0) is 4.79 Å². The number of anilines is 1. The van der Waals surface area contributed by atoms with Crippen molar-refractivity contribution in [1.82, 2.24) is 9.91 Å². The Bertz CT molecular complexity index is 1010. The van der Waals surface area contributed by atoms with Crippen molar-refractivity contribution >= 4 is 40.5 Å². The van der Waals surface area contributed by atoms with E-state index in [0.717, 1.165) is 5.69 Å². The highest BCUT2D eigenvalue weighted by atomic mass is 32.2. The molecular formula is C20H19N5O3S. The topological polar surface area (TPSA) is 77.8 Å². The number of nitrogens with zero attached hydrogens (tertiary/aromatic N) is 5. The monoisotopic (exact) mass is 409 g/mol. The van der Waals surface area contributed by atoms with Crippen molar-refractivity contribution < 1.29 is 14.3 Å². The first kappa shape index (κ1) is 19.0. The van der Waals surface area contributed by atoms with Crippen LogP contribution in [-0.4, -0.2) is 52.3 Å². The van der Waals surface area contributed by atoms with Crippen LogP contribution >= 0.6 is 11.8 Å².